The summed E-state index contributed by atoms with van der Waals surface area (Å²) in [5.74, 6) is 0.563. The molecule has 0 aromatic carbocycles. The van der Waals surface area contributed by atoms with Gasteiger partial charge in [-0.25, -0.2) is 4.98 Å². The molecule has 0 unspecified atom stereocenters. The number of nitrogens with two attached hydrogens (primary N) is 1. The molecule has 3 rings (SSSR count). The number of anilines is 1. The molecule has 2 aromatic rings. The maximum Gasteiger partial charge on any atom is 0.221 e. The summed E-state index contributed by atoms with van der Waals surface area (Å²) in [6.07, 6.45) is 13.9. The van der Waals surface area contributed by atoms with E-state index in [-0.39, 0.29) is 5.95 Å². The van der Waals surface area contributed by atoms with Gasteiger partial charge < -0.3 is 10.7 Å². The van der Waals surface area contributed by atoms with Crippen molar-refractivity contribution in [1.82, 2.24) is 15.0 Å². The van der Waals surface area contributed by atoms with Crippen LogP contribution in [0.25, 0.3) is 16.6 Å². The first-order valence-electron chi connectivity index (χ1n) is 6.84. The van der Waals surface area contributed by atoms with Crippen molar-refractivity contribution in [2.24, 2.45) is 10.9 Å². The van der Waals surface area contributed by atoms with Crippen molar-refractivity contribution in [3.63, 3.8) is 0 Å². The smallest absolute Gasteiger partial charge is 0.221 e. The number of aliphatic imine (C=N–C) groups is 1. The fourth-order valence-corrected chi connectivity index (χ4v) is 2.28. The van der Waals surface area contributed by atoms with E-state index >= 15 is 0 Å². The van der Waals surface area contributed by atoms with Crippen molar-refractivity contribution >= 4 is 28.3 Å². The molecule has 1 aliphatic heterocycles. The molecule has 0 fully saturated rings. The van der Waals surface area contributed by atoms with Gasteiger partial charge in [-0.1, -0.05) is 25.2 Å². The Hall–Kier alpha value is -2.69. The zero-order valence-corrected chi connectivity index (χ0v) is 12.0. The third kappa shape index (κ3) is 2.76. The molecule has 1 aliphatic rings. The number of nitrogen functional groups attached to an aromatic ring is 1. The number of aromatic nitrogens is 3. The van der Waals surface area contributed by atoms with Gasteiger partial charge in [0.2, 0.25) is 5.95 Å². The summed E-state index contributed by atoms with van der Waals surface area (Å²) in [6.45, 7) is 4.11. The molecule has 0 bridgehead atoms. The Kier molecular flexibility index (Phi) is 3.39. The van der Waals surface area contributed by atoms with Gasteiger partial charge in [0.25, 0.3) is 0 Å². The first-order chi connectivity index (χ1) is 10.1. The molecule has 0 amide bonds. The number of nitrogens with zero attached hydrogens (tertiary/aromatic N) is 3. The summed E-state index contributed by atoms with van der Waals surface area (Å²) in [5.41, 5.74) is 9.52. The first-order valence-corrected chi connectivity index (χ1v) is 6.84. The van der Waals surface area contributed by atoms with Gasteiger partial charge in [0, 0.05) is 35.3 Å². The van der Waals surface area contributed by atoms with Crippen molar-refractivity contribution in [1.29, 1.82) is 0 Å². The minimum absolute atomic E-state index is 0.272. The molecule has 2 aromatic heterocycles. The van der Waals surface area contributed by atoms with Crippen LogP contribution in [0.3, 0.4) is 0 Å². The third-order valence-electron chi connectivity index (χ3n) is 3.38. The molecular weight excluding hydrogens is 262 g/mol. The molecule has 1 atom stereocenters. The van der Waals surface area contributed by atoms with Gasteiger partial charge in [-0.05, 0) is 24.5 Å². The molecule has 0 aliphatic carbocycles. The minimum Gasteiger partial charge on any atom is -0.368 e. The van der Waals surface area contributed by atoms with Gasteiger partial charge in [-0.15, -0.1) is 0 Å². The average molecular weight is 279 g/mol. The molecule has 0 spiro atoms. The quantitative estimate of drug-likeness (QED) is 0.841. The lowest BCUT2D eigenvalue weighted by Crippen LogP contribution is -1.94. The second-order valence-electron chi connectivity index (χ2n) is 5.12. The fourth-order valence-electron chi connectivity index (χ4n) is 2.28. The van der Waals surface area contributed by atoms with Crippen LogP contribution in [-0.2, 0) is 0 Å². The lowest BCUT2D eigenvalue weighted by atomic mass is 10.0. The van der Waals surface area contributed by atoms with Gasteiger partial charge in [-0.2, -0.15) is 4.98 Å². The lowest BCUT2D eigenvalue weighted by molar-refractivity contribution is 0.939. The summed E-state index contributed by atoms with van der Waals surface area (Å²) >= 11 is 0. The van der Waals surface area contributed by atoms with Crippen LogP contribution < -0.4 is 5.73 Å². The lowest BCUT2D eigenvalue weighted by Gasteiger charge is -2.04. The monoisotopic (exact) mass is 279 g/mol. The number of aromatic amines is 1. The molecule has 106 valence electrons. The topological polar surface area (TPSA) is 80.0 Å². The van der Waals surface area contributed by atoms with E-state index in [1.165, 1.54) is 0 Å². The molecule has 0 saturated heterocycles. The highest BCUT2D eigenvalue weighted by molar-refractivity contribution is 5.99. The summed E-state index contributed by atoms with van der Waals surface area (Å²) < 4.78 is 0. The molecular formula is C16H17N5. The van der Waals surface area contributed by atoms with Crippen molar-refractivity contribution in [2.75, 3.05) is 5.73 Å². The number of rotatable bonds is 1. The number of hydrogen-bond donors (Lipinski definition) is 2. The van der Waals surface area contributed by atoms with Crippen LogP contribution >= 0.6 is 0 Å². The zero-order valence-electron chi connectivity index (χ0n) is 12.0. The Labute approximate surface area is 123 Å². The van der Waals surface area contributed by atoms with Crippen molar-refractivity contribution in [3.05, 3.63) is 48.5 Å². The Morgan fingerprint density at radius 1 is 1.29 bits per heavy atom. The second kappa shape index (κ2) is 5.36. The zero-order chi connectivity index (χ0) is 14.8. The second-order valence-corrected chi connectivity index (χ2v) is 5.12. The van der Waals surface area contributed by atoms with Gasteiger partial charge in [0.05, 0.1) is 0 Å². The molecule has 3 N–H and O–H groups in total. The van der Waals surface area contributed by atoms with Crippen LogP contribution in [0.2, 0.25) is 0 Å². The molecule has 5 nitrogen and oxygen atoms in total. The van der Waals surface area contributed by atoms with E-state index in [4.69, 9.17) is 5.73 Å². The van der Waals surface area contributed by atoms with Crippen LogP contribution in [-0.4, -0.2) is 20.7 Å². The van der Waals surface area contributed by atoms with Gasteiger partial charge in [-0.3, -0.25) is 4.99 Å². The van der Waals surface area contributed by atoms with E-state index in [0.29, 0.717) is 5.92 Å². The molecule has 3 heterocycles. The van der Waals surface area contributed by atoms with Gasteiger partial charge in [0.1, 0.15) is 5.65 Å². The predicted octanol–water partition coefficient (Wildman–Crippen LogP) is 3.10. The highest BCUT2D eigenvalue weighted by Gasteiger charge is 2.10. The normalized spacial score (nSPS) is 26.9. The van der Waals surface area contributed by atoms with E-state index in [9.17, 15) is 0 Å². The van der Waals surface area contributed by atoms with Crippen molar-refractivity contribution in [3.8, 4) is 0 Å². The SMILES string of the molecule is CC1=N/C=C\[C@H](C)\C=C(c2c[nH]c3nc(N)ncc23)/C=C\1. The van der Waals surface area contributed by atoms with E-state index in [0.717, 1.165) is 27.9 Å². The number of allylic oxidation sites excluding steroid dienone is 5. The molecule has 5 heteroatoms. The molecule has 0 saturated carbocycles. The Balaban J connectivity index is 2.13. The number of H-pyrrole nitrogens is 1. The molecule has 0 radical (unpaired) electrons. The van der Waals surface area contributed by atoms with E-state index in [1.807, 2.05) is 25.4 Å². The van der Waals surface area contributed by atoms with Crippen LogP contribution in [0.4, 0.5) is 5.95 Å². The summed E-state index contributed by atoms with van der Waals surface area (Å²) in [6, 6.07) is 0. The highest BCUT2D eigenvalue weighted by atomic mass is 15.0. The Morgan fingerprint density at radius 2 is 2.14 bits per heavy atom. The Bertz CT molecular complexity index is 792. The minimum atomic E-state index is 0.272. The van der Waals surface area contributed by atoms with E-state index in [1.54, 1.807) is 6.20 Å². The average Bonchev–Trinajstić information content (AvgIpc) is 2.87. The summed E-state index contributed by atoms with van der Waals surface area (Å²) in [7, 11) is 0. The first kappa shape index (κ1) is 13.3. The van der Waals surface area contributed by atoms with Gasteiger partial charge in [0.15, 0.2) is 0 Å². The van der Waals surface area contributed by atoms with Crippen molar-refractivity contribution in [2.45, 2.75) is 13.8 Å². The number of hydrogen-bond acceptors (Lipinski definition) is 4. The third-order valence-corrected chi connectivity index (χ3v) is 3.38. The van der Waals surface area contributed by atoms with Crippen LogP contribution in [0, 0.1) is 5.92 Å². The van der Waals surface area contributed by atoms with Crippen LogP contribution in [0.15, 0.2) is 47.9 Å². The maximum atomic E-state index is 5.62. The van der Waals surface area contributed by atoms with Crippen molar-refractivity contribution < 1.29 is 0 Å². The Morgan fingerprint density at radius 3 is 3.00 bits per heavy atom. The highest BCUT2D eigenvalue weighted by Crippen LogP contribution is 2.26. The largest absolute Gasteiger partial charge is 0.368 e. The summed E-state index contributed by atoms with van der Waals surface area (Å²) in [5, 5.41) is 0.963. The standard InChI is InChI=1S/C16H17N5/c1-10-5-6-18-11(2)3-4-12(7-10)13-8-19-15-14(13)9-20-16(17)21-15/h3-10H,1-2H3,(H3,17,19,20,21)/b4-3-,6-5-,12-7+,18-11-/t10-/m0/s1. The fraction of sp³-hybridized carbons (Fsp3) is 0.188. The molecule has 21 heavy (non-hydrogen) atoms. The number of fused-ring (bicyclic) bond motifs is 1. The van der Waals surface area contributed by atoms with Crippen LogP contribution in [0.1, 0.15) is 19.4 Å². The number of nitrogens with one attached hydrogen (secondary N) is 1. The van der Waals surface area contributed by atoms with E-state index < -0.39 is 0 Å². The summed E-state index contributed by atoms with van der Waals surface area (Å²) in [4.78, 5) is 15.8. The van der Waals surface area contributed by atoms with E-state index in [2.05, 4.69) is 45.1 Å². The predicted molar refractivity (Wildman–Crippen MR) is 86.8 cm³/mol. The van der Waals surface area contributed by atoms with Gasteiger partial charge >= 0.3 is 0 Å². The maximum absolute atomic E-state index is 5.62. The van der Waals surface area contributed by atoms with Crippen LogP contribution in [0.5, 0.6) is 0 Å².